The van der Waals surface area contributed by atoms with Gasteiger partial charge in [-0.05, 0) is 19.1 Å². The molecular formula is C16H16N4O3. The van der Waals surface area contributed by atoms with Crippen molar-refractivity contribution in [2.24, 2.45) is 0 Å². The van der Waals surface area contributed by atoms with Gasteiger partial charge in [0.2, 0.25) is 0 Å². The first-order valence-corrected chi connectivity index (χ1v) is 6.92. The first kappa shape index (κ1) is 17.7. The van der Waals surface area contributed by atoms with E-state index in [2.05, 4.69) is 10.6 Å². The van der Waals surface area contributed by atoms with Crippen molar-refractivity contribution in [1.82, 2.24) is 5.32 Å². The predicted octanol–water partition coefficient (Wildman–Crippen LogP) is 1.71. The van der Waals surface area contributed by atoms with Gasteiger partial charge in [-0.1, -0.05) is 12.1 Å². The number of benzene rings is 1. The molecule has 118 valence electrons. The Morgan fingerprint density at radius 2 is 2.04 bits per heavy atom. The van der Waals surface area contributed by atoms with Gasteiger partial charge in [0.1, 0.15) is 11.6 Å². The van der Waals surface area contributed by atoms with Crippen molar-refractivity contribution in [1.29, 1.82) is 10.5 Å². The van der Waals surface area contributed by atoms with Crippen LogP contribution in [0.1, 0.15) is 23.7 Å². The maximum Gasteiger partial charge on any atom is 0.340 e. The molecule has 0 unspecified atom stereocenters. The van der Waals surface area contributed by atoms with Crippen LogP contribution in [0.2, 0.25) is 0 Å². The summed E-state index contributed by atoms with van der Waals surface area (Å²) in [5.74, 6) is -1.22. The molecule has 1 aromatic rings. The van der Waals surface area contributed by atoms with Crippen molar-refractivity contribution in [3.8, 4) is 12.1 Å². The van der Waals surface area contributed by atoms with E-state index in [1.807, 2.05) is 6.07 Å². The molecule has 0 aromatic heterocycles. The van der Waals surface area contributed by atoms with Crippen LogP contribution in [-0.4, -0.2) is 25.0 Å². The highest BCUT2D eigenvalue weighted by molar-refractivity contribution is 6.09. The Morgan fingerprint density at radius 1 is 1.30 bits per heavy atom. The summed E-state index contributed by atoms with van der Waals surface area (Å²) in [6.07, 6.45) is 1.49. The molecule has 0 radical (unpaired) electrons. The molecule has 0 aliphatic rings. The summed E-state index contributed by atoms with van der Waals surface area (Å²) in [5, 5.41) is 22.6. The predicted molar refractivity (Wildman–Crippen MR) is 83.0 cm³/mol. The molecule has 0 aliphatic carbocycles. The van der Waals surface area contributed by atoms with Gasteiger partial charge in [0, 0.05) is 12.7 Å². The average Bonchev–Trinajstić information content (AvgIpc) is 2.55. The monoisotopic (exact) mass is 312 g/mol. The van der Waals surface area contributed by atoms with Crippen LogP contribution in [0.5, 0.6) is 0 Å². The van der Waals surface area contributed by atoms with Crippen LogP contribution in [0.15, 0.2) is 36.0 Å². The van der Waals surface area contributed by atoms with Crippen LogP contribution in [0.4, 0.5) is 5.69 Å². The van der Waals surface area contributed by atoms with Gasteiger partial charge in [-0.15, -0.1) is 0 Å². The van der Waals surface area contributed by atoms with Crippen LogP contribution in [0.25, 0.3) is 0 Å². The molecule has 1 amide bonds. The van der Waals surface area contributed by atoms with Gasteiger partial charge in [0.15, 0.2) is 0 Å². The Kier molecular flexibility index (Phi) is 7.39. The van der Waals surface area contributed by atoms with E-state index in [0.29, 0.717) is 6.54 Å². The van der Waals surface area contributed by atoms with Gasteiger partial charge in [-0.2, -0.15) is 10.5 Å². The summed E-state index contributed by atoms with van der Waals surface area (Å²) in [5.41, 5.74) is 0.299. The number of esters is 1. The number of hydrogen-bond acceptors (Lipinski definition) is 6. The lowest BCUT2D eigenvalue weighted by Gasteiger charge is -2.10. The highest BCUT2D eigenvalue weighted by Gasteiger charge is 2.16. The number of rotatable bonds is 7. The zero-order chi connectivity index (χ0) is 17.1. The maximum absolute atomic E-state index is 12.1. The normalized spacial score (nSPS) is 10.1. The minimum Gasteiger partial charge on any atom is -0.462 e. The zero-order valence-electron chi connectivity index (χ0n) is 12.6. The quantitative estimate of drug-likeness (QED) is 0.343. The van der Waals surface area contributed by atoms with E-state index >= 15 is 0 Å². The summed E-state index contributed by atoms with van der Waals surface area (Å²) in [6, 6.07) is 10.1. The summed E-state index contributed by atoms with van der Waals surface area (Å²) in [4.78, 5) is 23.9. The third kappa shape index (κ3) is 5.52. The van der Waals surface area contributed by atoms with Crippen molar-refractivity contribution >= 4 is 17.6 Å². The molecule has 1 aromatic carbocycles. The SMILES string of the molecule is CCOC(=O)c1ccccc1NC(=O)/C(C#N)=C\NCCC#N. The largest absolute Gasteiger partial charge is 0.462 e. The molecule has 1 rings (SSSR count). The van der Waals surface area contributed by atoms with Crippen LogP contribution >= 0.6 is 0 Å². The highest BCUT2D eigenvalue weighted by atomic mass is 16.5. The number of ether oxygens (including phenoxy) is 1. The Morgan fingerprint density at radius 3 is 2.70 bits per heavy atom. The fourth-order valence-corrected chi connectivity index (χ4v) is 1.62. The number of amides is 1. The molecule has 7 nitrogen and oxygen atoms in total. The van der Waals surface area contributed by atoms with Gasteiger partial charge in [-0.25, -0.2) is 4.79 Å². The van der Waals surface area contributed by atoms with E-state index in [0.717, 1.165) is 0 Å². The Labute approximate surface area is 134 Å². The first-order valence-electron chi connectivity index (χ1n) is 6.92. The molecule has 0 heterocycles. The highest BCUT2D eigenvalue weighted by Crippen LogP contribution is 2.17. The van der Waals surface area contributed by atoms with E-state index < -0.39 is 11.9 Å². The van der Waals surface area contributed by atoms with Crippen molar-refractivity contribution in [3.05, 3.63) is 41.6 Å². The number of nitrogens with zero attached hydrogens (tertiary/aromatic N) is 2. The fraction of sp³-hybridized carbons (Fsp3) is 0.250. The van der Waals surface area contributed by atoms with E-state index in [1.54, 1.807) is 31.2 Å². The summed E-state index contributed by atoms with van der Waals surface area (Å²) >= 11 is 0. The molecule has 0 saturated carbocycles. The fourth-order valence-electron chi connectivity index (χ4n) is 1.62. The Balaban J connectivity index is 2.86. The topological polar surface area (TPSA) is 115 Å². The van der Waals surface area contributed by atoms with E-state index in [4.69, 9.17) is 15.3 Å². The molecule has 0 saturated heterocycles. The van der Waals surface area contributed by atoms with Gasteiger partial charge < -0.3 is 15.4 Å². The van der Waals surface area contributed by atoms with Crippen molar-refractivity contribution in [2.75, 3.05) is 18.5 Å². The second-order valence-electron chi connectivity index (χ2n) is 4.25. The number of carbonyl (C=O) groups is 2. The van der Waals surface area contributed by atoms with Crippen molar-refractivity contribution in [2.45, 2.75) is 13.3 Å². The lowest BCUT2D eigenvalue weighted by atomic mass is 10.1. The first-order chi connectivity index (χ1) is 11.1. The van der Waals surface area contributed by atoms with Gasteiger partial charge >= 0.3 is 5.97 Å². The molecule has 0 bridgehead atoms. The van der Waals surface area contributed by atoms with Crippen molar-refractivity contribution in [3.63, 3.8) is 0 Å². The van der Waals surface area contributed by atoms with Gasteiger partial charge in [-0.3, -0.25) is 4.79 Å². The number of hydrogen-bond donors (Lipinski definition) is 2. The number of nitriles is 2. The second kappa shape index (κ2) is 9.59. The molecule has 23 heavy (non-hydrogen) atoms. The lowest BCUT2D eigenvalue weighted by Crippen LogP contribution is -2.19. The minimum atomic E-state index is -0.659. The summed E-state index contributed by atoms with van der Waals surface area (Å²) in [7, 11) is 0. The van der Waals surface area contributed by atoms with Gasteiger partial charge in [0.05, 0.1) is 30.3 Å². The summed E-state index contributed by atoms with van der Waals surface area (Å²) in [6.45, 7) is 2.23. The third-order valence-corrected chi connectivity index (χ3v) is 2.66. The standard InChI is InChI=1S/C16H16N4O3/c1-2-23-16(22)13-6-3-4-7-14(13)20-15(21)12(10-18)11-19-9-5-8-17/h3-4,6-7,11,19H,2,5,9H2,1H3,(H,20,21)/b12-11-. The maximum atomic E-state index is 12.1. The molecule has 0 fully saturated rings. The smallest absolute Gasteiger partial charge is 0.340 e. The number of para-hydroxylation sites is 1. The van der Waals surface area contributed by atoms with Crippen LogP contribution in [-0.2, 0) is 9.53 Å². The molecule has 7 heteroatoms. The van der Waals surface area contributed by atoms with E-state index in [-0.39, 0.29) is 29.9 Å². The lowest BCUT2D eigenvalue weighted by molar-refractivity contribution is -0.112. The number of nitrogens with one attached hydrogen (secondary N) is 2. The van der Waals surface area contributed by atoms with Crippen LogP contribution in [0, 0.1) is 22.7 Å². The molecule has 0 aliphatic heterocycles. The Bertz CT molecular complexity index is 683. The van der Waals surface area contributed by atoms with E-state index in [9.17, 15) is 9.59 Å². The molecule has 0 spiro atoms. The number of carbonyl (C=O) groups excluding carboxylic acids is 2. The van der Waals surface area contributed by atoms with E-state index in [1.165, 1.54) is 12.3 Å². The number of anilines is 1. The molecule has 2 N–H and O–H groups in total. The molecular weight excluding hydrogens is 296 g/mol. The Hall–Kier alpha value is -3.32. The van der Waals surface area contributed by atoms with Crippen molar-refractivity contribution < 1.29 is 14.3 Å². The zero-order valence-corrected chi connectivity index (χ0v) is 12.6. The van der Waals surface area contributed by atoms with Gasteiger partial charge in [0.25, 0.3) is 5.91 Å². The van der Waals surface area contributed by atoms with Crippen LogP contribution < -0.4 is 10.6 Å². The summed E-state index contributed by atoms with van der Waals surface area (Å²) < 4.78 is 4.92. The minimum absolute atomic E-state index is 0.165. The second-order valence-corrected chi connectivity index (χ2v) is 4.25. The third-order valence-electron chi connectivity index (χ3n) is 2.66. The van der Waals surface area contributed by atoms with Crippen LogP contribution in [0.3, 0.4) is 0 Å². The molecule has 0 atom stereocenters. The average molecular weight is 312 g/mol.